The van der Waals surface area contributed by atoms with Crippen LogP contribution in [0.4, 0.5) is 0 Å². The molecule has 0 aliphatic carbocycles. The number of hydrogen-bond donors (Lipinski definition) is 0. The van der Waals surface area contributed by atoms with Gasteiger partial charge in [-0.3, -0.25) is 9.88 Å². The molecule has 0 bridgehead atoms. The van der Waals surface area contributed by atoms with Crippen molar-refractivity contribution < 1.29 is 19.4 Å². The van der Waals surface area contributed by atoms with E-state index in [1.54, 1.807) is 0 Å². The number of pyridine rings is 1. The summed E-state index contributed by atoms with van der Waals surface area (Å²) in [6.45, 7) is 5.88. The second-order valence-corrected chi connectivity index (χ2v) is 8.46. The van der Waals surface area contributed by atoms with E-state index >= 15 is 0 Å². The molecule has 0 spiro atoms. The third-order valence-electron chi connectivity index (χ3n) is 5.62. The van der Waals surface area contributed by atoms with Crippen LogP contribution in [-0.4, -0.2) is 95.9 Å². The number of rotatable bonds is 8. The van der Waals surface area contributed by atoms with Gasteiger partial charge in [0, 0.05) is 43.5 Å². The summed E-state index contributed by atoms with van der Waals surface area (Å²) in [6, 6.07) is 4.26. The van der Waals surface area contributed by atoms with E-state index in [-0.39, 0.29) is 24.9 Å². The largest absolute Gasteiger partial charge is 0.371 e. The van der Waals surface area contributed by atoms with E-state index in [0.29, 0.717) is 6.61 Å². The van der Waals surface area contributed by atoms with Crippen LogP contribution in [0.2, 0.25) is 0 Å². The van der Waals surface area contributed by atoms with E-state index in [1.807, 2.05) is 36.3 Å². The smallest absolute Gasteiger partial charge is 0.294 e. The van der Waals surface area contributed by atoms with Crippen LogP contribution in [0.5, 0.6) is 0 Å². The van der Waals surface area contributed by atoms with Crippen molar-refractivity contribution in [1.82, 2.24) is 14.8 Å². The van der Waals surface area contributed by atoms with Crippen LogP contribution in [0.3, 0.4) is 0 Å². The third-order valence-corrected chi connectivity index (χ3v) is 6.71. The number of piperazine rings is 1. The quantitative estimate of drug-likeness (QED) is 0.269. The van der Waals surface area contributed by atoms with E-state index in [1.165, 1.54) is 4.90 Å². The van der Waals surface area contributed by atoms with Crippen molar-refractivity contribution in [2.75, 3.05) is 51.7 Å². The summed E-state index contributed by atoms with van der Waals surface area (Å²) in [6.07, 6.45) is 3.75. The molecule has 10 heteroatoms. The molecule has 0 aromatic carbocycles. The van der Waals surface area contributed by atoms with Crippen molar-refractivity contribution >= 4 is 11.8 Å². The zero-order valence-corrected chi connectivity index (χ0v) is 16.5. The van der Waals surface area contributed by atoms with Gasteiger partial charge in [-0.25, -0.2) is 0 Å². The van der Waals surface area contributed by atoms with Crippen molar-refractivity contribution in [3.8, 4) is 0 Å². The Morgan fingerprint density at radius 3 is 2.68 bits per heavy atom. The highest BCUT2D eigenvalue weighted by Gasteiger charge is 2.51. The molecule has 3 saturated heterocycles. The normalized spacial score (nSPS) is 31.0. The van der Waals surface area contributed by atoms with Crippen molar-refractivity contribution in [2.45, 2.75) is 35.7 Å². The van der Waals surface area contributed by atoms with Gasteiger partial charge >= 0.3 is 0 Å². The standard InChI is InChI=1S/C18H26N4O5S/c23-22(24)27-16-13-26-17-15(12-25-18(16)17)21-9-7-20(8-10-21)6-1-11-28-14-2-4-19-5-3-14/h2-5,15-18H,1,6-13H2/t15-,16-,17+,18+/m0/s1. The molecule has 3 aliphatic heterocycles. The van der Waals surface area contributed by atoms with E-state index in [2.05, 4.69) is 14.8 Å². The van der Waals surface area contributed by atoms with Crippen LogP contribution in [0.15, 0.2) is 29.4 Å². The maximum Gasteiger partial charge on any atom is 0.294 e. The molecule has 1 aromatic rings. The Morgan fingerprint density at radius 1 is 1.18 bits per heavy atom. The molecule has 1 aromatic heterocycles. The highest BCUT2D eigenvalue weighted by Crippen LogP contribution is 2.32. The summed E-state index contributed by atoms with van der Waals surface area (Å²) in [5.74, 6) is 1.11. The molecule has 0 radical (unpaired) electrons. The number of fused-ring (bicyclic) bond motifs is 1. The summed E-state index contributed by atoms with van der Waals surface area (Å²) in [7, 11) is 0. The van der Waals surface area contributed by atoms with Gasteiger partial charge in [0.05, 0.1) is 19.3 Å². The van der Waals surface area contributed by atoms with Crippen LogP contribution in [0.1, 0.15) is 6.42 Å². The molecule has 0 amide bonds. The molecule has 9 nitrogen and oxygen atoms in total. The third kappa shape index (κ3) is 4.74. The van der Waals surface area contributed by atoms with Crippen LogP contribution in [-0.2, 0) is 14.3 Å². The van der Waals surface area contributed by atoms with Crippen molar-refractivity contribution in [2.24, 2.45) is 0 Å². The Balaban J connectivity index is 1.16. The average molecular weight is 410 g/mol. The minimum Gasteiger partial charge on any atom is -0.371 e. The molecule has 4 atom stereocenters. The molecule has 4 rings (SSSR count). The van der Waals surface area contributed by atoms with E-state index in [9.17, 15) is 10.1 Å². The lowest BCUT2D eigenvalue weighted by Gasteiger charge is -2.38. The molecule has 0 unspecified atom stereocenters. The molecular formula is C18H26N4O5S. The topological polar surface area (TPSA) is 90.2 Å². The molecule has 0 saturated carbocycles. The lowest BCUT2D eigenvalue weighted by molar-refractivity contribution is -0.769. The zero-order chi connectivity index (χ0) is 19.3. The molecule has 4 heterocycles. The summed E-state index contributed by atoms with van der Waals surface area (Å²) in [5.41, 5.74) is 0. The summed E-state index contributed by atoms with van der Waals surface area (Å²) in [4.78, 5) is 25.5. The summed E-state index contributed by atoms with van der Waals surface area (Å²) < 4.78 is 11.6. The first-order valence-corrected chi connectivity index (χ1v) is 10.7. The minimum atomic E-state index is -0.751. The Bertz CT molecular complexity index is 646. The van der Waals surface area contributed by atoms with Crippen molar-refractivity contribution in [3.63, 3.8) is 0 Å². The van der Waals surface area contributed by atoms with E-state index in [0.717, 1.165) is 44.9 Å². The summed E-state index contributed by atoms with van der Waals surface area (Å²) in [5, 5.41) is 9.85. The van der Waals surface area contributed by atoms with Gasteiger partial charge in [0.15, 0.2) is 6.10 Å². The van der Waals surface area contributed by atoms with Gasteiger partial charge in [-0.2, -0.15) is 0 Å². The molecule has 154 valence electrons. The highest BCUT2D eigenvalue weighted by molar-refractivity contribution is 7.99. The Hall–Kier alpha value is -1.46. The second-order valence-electron chi connectivity index (χ2n) is 7.29. The number of thioether (sulfide) groups is 1. The first-order chi connectivity index (χ1) is 13.7. The fraction of sp³-hybridized carbons (Fsp3) is 0.722. The highest BCUT2D eigenvalue weighted by atomic mass is 32.2. The van der Waals surface area contributed by atoms with E-state index in [4.69, 9.17) is 14.3 Å². The first kappa shape index (κ1) is 19.8. The predicted octanol–water partition coefficient (Wildman–Crippen LogP) is 0.925. The first-order valence-electron chi connectivity index (χ1n) is 9.74. The van der Waals surface area contributed by atoms with Gasteiger partial charge in [0.1, 0.15) is 12.2 Å². The molecular weight excluding hydrogens is 384 g/mol. The number of aromatic nitrogens is 1. The fourth-order valence-corrected chi connectivity index (χ4v) is 5.01. The van der Waals surface area contributed by atoms with Crippen LogP contribution >= 0.6 is 11.8 Å². The van der Waals surface area contributed by atoms with Gasteiger partial charge < -0.3 is 19.2 Å². The molecule has 3 aliphatic rings. The Morgan fingerprint density at radius 2 is 1.93 bits per heavy atom. The van der Waals surface area contributed by atoms with Crippen LogP contribution in [0.25, 0.3) is 0 Å². The molecule has 3 fully saturated rings. The lowest BCUT2D eigenvalue weighted by atomic mass is 10.1. The van der Waals surface area contributed by atoms with Gasteiger partial charge in [-0.05, 0) is 30.9 Å². The maximum atomic E-state index is 10.6. The Kier molecular flexibility index (Phi) is 6.63. The molecule has 0 N–H and O–H groups in total. The number of hydrogen-bond acceptors (Lipinski definition) is 9. The van der Waals surface area contributed by atoms with Crippen molar-refractivity contribution in [1.29, 1.82) is 0 Å². The second kappa shape index (κ2) is 9.36. The van der Waals surface area contributed by atoms with E-state index < -0.39 is 11.2 Å². The predicted molar refractivity (Wildman–Crippen MR) is 103 cm³/mol. The van der Waals surface area contributed by atoms with Gasteiger partial charge in [-0.1, -0.05) is 0 Å². The maximum absolute atomic E-state index is 10.6. The number of ether oxygens (including phenoxy) is 2. The van der Waals surface area contributed by atoms with Crippen LogP contribution < -0.4 is 0 Å². The lowest BCUT2D eigenvalue weighted by Crippen LogP contribution is -2.54. The van der Waals surface area contributed by atoms with Crippen molar-refractivity contribution in [3.05, 3.63) is 34.6 Å². The van der Waals surface area contributed by atoms with Gasteiger partial charge in [0.2, 0.25) is 0 Å². The molecule has 28 heavy (non-hydrogen) atoms. The average Bonchev–Trinajstić information content (AvgIpc) is 3.29. The van der Waals surface area contributed by atoms with Gasteiger partial charge in [-0.15, -0.1) is 21.9 Å². The fourth-order valence-electron chi connectivity index (χ4n) is 4.19. The minimum absolute atomic E-state index is 0.131. The summed E-state index contributed by atoms with van der Waals surface area (Å²) >= 11 is 1.87. The monoisotopic (exact) mass is 410 g/mol. The van der Waals surface area contributed by atoms with Gasteiger partial charge in [0.25, 0.3) is 5.09 Å². The Labute approximate surface area is 168 Å². The SMILES string of the molecule is O=[N+]([O-])O[C@H]1CO[C@H]2[C@@H]1OC[C@@H]2N1CCN(CCCSc2ccncc2)CC1. The van der Waals surface area contributed by atoms with Crippen LogP contribution in [0, 0.1) is 10.1 Å². The zero-order valence-electron chi connectivity index (χ0n) is 15.7. The number of nitrogens with zero attached hydrogens (tertiary/aromatic N) is 4.